The SMILES string of the molecule is C[C@H](/C=C/CC(=O)N1Cc2ccccc2C[C@H]1CO)[C@@]1(O)C(=O)N(Cc2ccccc2)c2ccc(NC(=O)c3ccc(N)cc3)cc21. The Kier molecular flexibility index (Phi) is 8.93. The summed E-state index contributed by atoms with van der Waals surface area (Å²) >= 11 is 0. The van der Waals surface area contributed by atoms with Crippen LogP contribution in [0.25, 0.3) is 0 Å². The molecule has 2 aliphatic rings. The van der Waals surface area contributed by atoms with Crippen LogP contribution >= 0.6 is 0 Å². The number of rotatable bonds is 9. The Balaban J connectivity index is 1.25. The quantitative estimate of drug-likeness (QED) is 0.155. The van der Waals surface area contributed by atoms with E-state index in [1.165, 1.54) is 0 Å². The molecule has 0 fully saturated rings. The maximum absolute atomic E-state index is 14.1. The van der Waals surface area contributed by atoms with Gasteiger partial charge in [-0.2, -0.15) is 0 Å². The zero-order valence-corrected chi connectivity index (χ0v) is 26.2. The Bertz CT molecular complexity index is 1820. The van der Waals surface area contributed by atoms with Crippen molar-refractivity contribution in [2.45, 2.75) is 44.5 Å². The number of hydrogen-bond acceptors (Lipinski definition) is 6. The summed E-state index contributed by atoms with van der Waals surface area (Å²) in [7, 11) is 0. The highest BCUT2D eigenvalue weighted by atomic mass is 16.3. The van der Waals surface area contributed by atoms with Gasteiger partial charge in [0.25, 0.3) is 11.8 Å². The van der Waals surface area contributed by atoms with Crippen molar-refractivity contribution in [3.8, 4) is 0 Å². The summed E-state index contributed by atoms with van der Waals surface area (Å²) in [5, 5.41) is 25.1. The molecule has 3 atom stereocenters. The van der Waals surface area contributed by atoms with Gasteiger partial charge in [0.1, 0.15) is 0 Å². The molecule has 6 rings (SSSR count). The molecule has 0 saturated carbocycles. The van der Waals surface area contributed by atoms with E-state index in [9.17, 15) is 24.6 Å². The molecular weight excluding hydrogens is 592 g/mol. The van der Waals surface area contributed by atoms with Crippen molar-refractivity contribution in [3.05, 3.63) is 137 Å². The first-order valence-electron chi connectivity index (χ1n) is 15.7. The van der Waals surface area contributed by atoms with Crippen molar-refractivity contribution in [1.82, 2.24) is 4.90 Å². The monoisotopic (exact) mass is 630 g/mol. The van der Waals surface area contributed by atoms with Gasteiger partial charge in [-0.25, -0.2) is 0 Å². The standard InChI is InChI=1S/C38H38N4O5/c1-25(8-7-13-35(44)41-23-29-12-6-5-11-28(29)20-32(41)24-43)38(47)33-21-31(40-36(45)27-14-16-30(39)17-15-27)18-19-34(33)42(37(38)46)22-26-9-3-2-4-10-26/h2-12,14-19,21,25,32,43,47H,13,20,22-24,39H2,1H3,(H,40,45)/b8-7+/t25-,32+,38+/m1/s1. The van der Waals surface area contributed by atoms with Crippen LogP contribution < -0.4 is 16.0 Å². The minimum atomic E-state index is -1.96. The van der Waals surface area contributed by atoms with Crippen LogP contribution in [-0.4, -0.2) is 45.5 Å². The Hall–Kier alpha value is -5.25. The normalized spacial score (nSPS) is 19.4. The van der Waals surface area contributed by atoms with Crippen molar-refractivity contribution in [1.29, 1.82) is 0 Å². The van der Waals surface area contributed by atoms with Gasteiger partial charge < -0.3 is 31.1 Å². The smallest absolute Gasteiger partial charge is 0.264 e. The van der Waals surface area contributed by atoms with Gasteiger partial charge in [0.2, 0.25) is 5.91 Å². The van der Waals surface area contributed by atoms with Gasteiger partial charge >= 0.3 is 0 Å². The molecule has 0 saturated heterocycles. The third-order valence-corrected chi connectivity index (χ3v) is 9.15. The maximum Gasteiger partial charge on any atom is 0.264 e. The zero-order chi connectivity index (χ0) is 33.1. The predicted octanol–water partition coefficient (Wildman–Crippen LogP) is 4.78. The number of fused-ring (bicyclic) bond motifs is 2. The second kappa shape index (κ2) is 13.2. The molecule has 4 aromatic carbocycles. The number of aliphatic hydroxyl groups excluding tert-OH is 1. The number of benzene rings is 4. The predicted molar refractivity (Wildman–Crippen MR) is 181 cm³/mol. The van der Waals surface area contributed by atoms with Crippen LogP contribution in [0.4, 0.5) is 17.1 Å². The van der Waals surface area contributed by atoms with Gasteiger partial charge in [-0.05, 0) is 65.6 Å². The first-order valence-corrected chi connectivity index (χ1v) is 15.7. The molecule has 4 aromatic rings. The molecule has 0 spiro atoms. The van der Waals surface area contributed by atoms with E-state index >= 15 is 0 Å². The van der Waals surface area contributed by atoms with E-state index in [-0.39, 0.29) is 37.4 Å². The Morgan fingerprint density at radius 1 is 1.00 bits per heavy atom. The van der Waals surface area contributed by atoms with E-state index in [4.69, 9.17) is 5.73 Å². The zero-order valence-electron chi connectivity index (χ0n) is 26.2. The average Bonchev–Trinajstić information content (AvgIpc) is 3.30. The molecule has 240 valence electrons. The highest BCUT2D eigenvalue weighted by Gasteiger charge is 2.52. The lowest BCUT2D eigenvalue weighted by Gasteiger charge is -2.36. The fourth-order valence-corrected chi connectivity index (χ4v) is 6.46. The number of aliphatic hydroxyl groups is 2. The van der Waals surface area contributed by atoms with Crippen LogP contribution in [0.15, 0.2) is 109 Å². The van der Waals surface area contributed by atoms with Crippen molar-refractivity contribution < 1.29 is 24.6 Å². The van der Waals surface area contributed by atoms with Crippen LogP contribution in [0.3, 0.4) is 0 Å². The van der Waals surface area contributed by atoms with Gasteiger partial charge in [0, 0.05) is 41.4 Å². The number of nitrogens with two attached hydrogens (primary N) is 1. The molecule has 9 heteroatoms. The lowest BCUT2D eigenvalue weighted by atomic mass is 9.82. The summed E-state index contributed by atoms with van der Waals surface area (Å²) in [6.45, 7) is 2.26. The van der Waals surface area contributed by atoms with Gasteiger partial charge in [-0.15, -0.1) is 0 Å². The van der Waals surface area contributed by atoms with E-state index in [1.54, 1.807) is 71.3 Å². The molecule has 0 bridgehead atoms. The van der Waals surface area contributed by atoms with E-state index in [1.807, 2.05) is 54.6 Å². The van der Waals surface area contributed by atoms with E-state index in [0.29, 0.717) is 41.2 Å². The lowest BCUT2D eigenvalue weighted by Crippen LogP contribution is -2.46. The van der Waals surface area contributed by atoms with Crippen molar-refractivity contribution >= 4 is 34.8 Å². The number of carbonyl (C=O) groups is 3. The van der Waals surface area contributed by atoms with Crippen LogP contribution in [0, 0.1) is 5.92 Å². The average molecular weight is 631 g/mol. The van der Waals surface area contributed by atoms with Crippen LogP contribution in [-0.2, 0) is 34.7 Å². The maximum atomic E-state index is 14.1. The van der Waals surface area contributed by atoms with Gasteiger partial charge in [0.15, 0.2) is 5.60 Å². The molecule has 2 heterocycles. The van der Waals surface area contributed by atoms with Crippen LogP contribution in [0.2, 0.25) is 0 Å². The third kappa shape index (κ3) is 6.27. The molecule has 9 nitrogen and oxygen atoms in total. The third-order valence-electron chi connectivity index (χ3n) is 9.15. The fraction of sp³-hybridized carbons (Fsp3) is 0.237. The molecular formula is C38H38N4O5. The number of carbonyl (C=O) groups excluding carboxylic acids is 3. The minimum Gasteiger partial charge on any atom is -0.399 e. The van der Waals surface area contributed by atoms with E-state index < -0.39 is 17.4 Å². The summed E-state index contributed by atoms with van der Waals surface area (Å²) in [5.74, 6) is -1.71. The van der Waals surface area contributed by atoms with Crippen molar-refractivity contribution in [3.63, 3.8) is 0 Å². The van der Waals surface area contributed by atoms with Gasteiger partial charge in [0.05, 0.1) is 24.9 Å². The fourth-order valence-electron chi connectivity index (χ4n) is 6.46. The highest BCUT2D eigenvalue weighted by Crippen LogP contribution is 2.47. The summed E-state index contributed by atoms with van der Waals surface area (Å²) < 4.78 is 0. The van der Waals surface area contributed by atoms with E-state index in [2.05, 4.69) is 5.32 Å². The molecule has 5 N–H and O–H groups in total. The largest absolute Gasteiger partial charge is 0.399 e. The summed E-state index contributed by atoms with van der Waals surface area (Å²) in [6, 6.07) is 28.7. The highest BCUT2D eigenvalue weighted by molar-refractivity contribution is 6.09. The molecule has 0 aromatic heterocycles. The van der Waals surface area contributed by atoms with Crippen LogP contribution in [0.5, 0.6) is 0 Å². The molecule has 2 aliphatic heterocycles. The van der Waals surface area contributed by atoms with Gasteiger partial charge in [-0.1, -0.05) is 73.7 Å². The number of hydrogen-bond donors (Lipinski definition) is 4. The summed E-state index contributed by atoms with van der Waals surface area (Å²) in [4.78, 5) is 43.7. The number of nitrogen functional groups attached to an aromatic ring is 1. The number of nitrogens with one attached hydrogen (secondary N) is 1. The molecule has 47 heavy (non-hydrogen) atoms. The second-order valence-electron chi connectivity index (χ2n) is 12.2. The molecule has 0 unspecified atom stereocenters. The summed E-state index contributed by atoms with van der Waals surface area (Å²) in [5.41, 5.74) is 9.18. The minimum absolute atomic E-state index is 0.0472. The van der Waals surface area contributed by atoms with Gasteiger partial charge in [-0.3, -0.25) is 14.4 Å². The van der Waals surface area contributed by atoms with Crippen molar-refractivity contribution in [2.75, 3.05) is 22.6 Å². The summed E-state index contributed by atoms with van der Waals surface area (Å²) in [6.07, 6.45) is 4.00. The van der Waals surface area contributed by atoms with E-state index in [0.717, 1.165) is 16.7 Å². The first kappa shape index (κ1) is 31.7. The van der Waals surface area contributed by atoms with Crippen molar-refractivity contribution in [2.24, 2.45) is 5.92 Å². The van der Waals surface area contributed by atoms with Crippen LogP contribution in [0.1, 0.15) is 46.0 Å². The Morgan fingerprint density at radius 3 is 2.43 bits per heavy atom. The Labute approximate surface area is 273 Å². The number of anilines is 3. The first-order chi connectivity index (χ1) is 22.7. The second-order valence-corrected chi connectivity index (χ2v) is 12.2. The molecule has 3 amide bonds. The molecule has 0 radical (unpaired) electrons. The lowest BCUT2D eigenvalue weighted by molar-refractivity contribution is -0.139. The number of nitrogens with zero attached hydrogens (tertiary/aromatic N) is 2. The molecule has 0 aliphatic carbocycles. The number of amides is 3. The Morgan fingerprint density at radius 2 is 1.70 bits per heavy atom. The topological polar surface area (TPSA) is 136 Å².